The summed E-state index contributed by atoms with van der Waals surface area (Å²) in [5.41, 5.74) is 1.00. The third-order valence-electron chi connectivity index (χ3n) is 4.43. The molecule has 0 bridgehead atoms. The molecule has 0 spiro atoms. The van der Waals surface area contributed by atoms with Crippen LogP contribution < -0.4 is 4.74 Å². The number of benzene rings is 1. The van der Waals surface area contributed by atoms with Gasteiger partial charge in [0.05, 0.1) is 18.6 Å². The molecule has 3 unspecified atom stereocenters. The molecule has 1 saturated heterocycles. The molecule has 3 atom stereocenters. The number of piperidine rings is 1. The van der Waals surface area contributed by atoms with E-state index < -0.39 is 0 Å². The van der Waals surface area contributed by atoms with E-state index in [9.17, 15) is 9.90 Å². The van der Waals surface area contributed by atoms with Gasteiger partial charge in [-0.3, -0.25) is 4.79 Å². The van der Waals surface area contributed by atoms with Gasteiger partial charge in [-0.1, -0.05) is 25.1 Å². The molecular weight excluding hydrogens is 254 g/mol. The van der Waals surface area contributed by atoms with E-state index in [4.69, 9.17) is 4.74 Å². The zero-order valence-corrected chi connectivity index (χ0v) is 11.8. The lowest BCUT2D eigenvalue weighted by Gasteiger charge is -2.37. The van der Waals surface area contributed by atoms with Gasteiger partial charge in [-0.25, -0.2) is 0 Å². The summed E-state index contributed by atoms with van der Waals surface area (Å²) in [5.74, 6) is 1.08. The Hall–Kier alpha value is -1.55. The number of amides is 1. The van der Waals surface area contributed by atoms with E-state index in [1.54, 1.807) is 0 Å². The molecule has 4 nitrogen and oxygen atoms in total. The summed E-state index contributed by atoms with van der Waals surface area (Å²) in [7, 11) is 0. The van der Waals surface area contributed by atoms with Crippen LogP contribution in [0.1, 0.15) is 31.2 Å². The standard InChI is InChI=1S/C16H21NO3/c1-11-10-17(8-6-14(11)18)16(19)13-7-9-20-15-5-3-2-4-12(13)15/h2-5,11,13-14,18H,6-10H2,1H3. The number of nitrogens with zero attached hydrogens (tertiary/aromatic N) is 1. The Kier molecular flexibility index (Phi) is 3.66. The number of ether oxygens (including phenoxy) is 1. The van der Waals surface area contributed by atoms with Gasteiger partial charge in [-0.2, -0.15) is 0 Å². The van der Waals surface area contributed by atoms with Crippen molar-refractivity contribution in [3.05, 3.63) is 29.8 Å². The first kappa shape index (κ1) is 13.4. The number of hydrogen-bond acceptors (Lipinski definition) is 3. The van der Waals surface area contributed by atoms with E-state index >= 15 is 0 Å². The summed E-state index contributed by atoms with van der Waals surface area (Å²) >= 11 is 0. The highest BCUT2D eigenvalue weighted by Gasteiger charge is 2.34. The Morgan fingerprint density at radius 2 is 2.15 bits per heavy atom. The second-order valence-electron chi connectivity index (χ2n) is 5.85. The number of rotatable bonds is 1. The monoisotopic (exact) mass is 275 g/mol. The van der Waals surface area contributed by atoms with Crippen molar-refractivity contribution in [3.8, 4) is 5.75 Å². The number of para-hydroxylation sites is 1. The fourth-order valence-corrected chi connectivity index (χ4v) is 3.15. The molecule has 1 fully saturated rings. The highest BCUT2D eigenvalue weighted by molar-refractivity contribution is 5.85. The van der Waals surface area contributed by atoms with Crippen LogP contribution in [0.2, 0.25) is 0 Å². The average Bonchev–Trinajstić information content (AvgIpc) is 2.49. The first-order chi connectivity index (χ1) is 9.66. The van der Waals surface area contributed by atoms with Crippen LogP contribution in [0.25, 0.3) is 0 Å². The molecule has 1 amide bonds. The lowest BCUT2D eigenvalue weighted by Crippen LogP contribution is -2.47. The molecule has 1 aromatic carbocycles. The molecule has 0 aliphatic carbocycles. The van der Waals surface area contributed by atoms with E-state index in [1.807, 2.05) is 36.1 Å². The molecule has 2 aliphatic rings. The molecule has 0 saturated carbocycles. The number of aliphatic hydroxyl groups is 1. The topological polar surface area (TPSA) is 49.8 Å². The minimum atomic E-state index is -0.277. The lowest BCUT2D eigenvalue weighted by atomic mass is 9.89. The summed E-state index contributed by atoms with van der Waals surface area (Å²) in [4.78, 5) is 14.7. The lowest BCUT2D eigenvalue weighted by molar-refractivity contribution is -0.137. The molecule has 1 aromatic rings. The van der Waals surface area contributed by atoms with Gasteiger partial charge in [-0.15, -0.1) is 0 Å². The Morgan fingerprint density at radius 3 is 2.95 bits per heavy atom. The zero-order chi connectivity index (χ0) is 14.1. The Labute approximate surface area is 119 Å². The van der Waals surface area contributed by atoms with Crippen molar-refractivity contribution in [3.63, 3.8) is 0 Å². The zero-order valence-electron chi connectivity index (χ0n) is 11.8. The molecule has 2 aliphatic heterocycles. The predicted molar refractivity (Wildman–Crippen MR) is 75.7 cm³/mol. The number of hydrogen-bond donors (Lipinski definition) is 1. The molecule has 0 aromatic heterocycles. The van der Waals surface area contributed by atoms with Crippen molar-refractivity contribution < 1.29 is 14.6 Å². The maximum Gasteiger partial charge on any atom is 0.230 e. The van der Waals surface area contributed by atoms with Gasteiger partial charge in [0, 0.05) is 18.7 Å². The first-order valence-electron chi connectivity index (χ1n) is 7.35. The molecule has 2 heterocycles. The van der Waals surface area contributed by atoms with Crippen molar-refractivity contribution in [1.29, 1.82) is 0 Å². The van der Waals surface area contributed by atoms with Crippen LogP contribution in [0.15, 0.2) is 24.3 Å². The van der Waals surface area contributed by atoms with Gasteiger partial charge in [0.25, 0.3) is 0 Å². The van der Waals surface area contributed by atoms with Gasteiger partial charge < -0.3 is 14.7 Å². The quantitative estimate of drug-likeness (QED) is 0.850. The van der Waals surface area contributed by atoms with Gasteiger partial charge in [0.15, 0.2) is 0 Å². The second-order valence-corrected chi connectivity index (χ2v) is 5.85. The van der Waals surface area contributed by atoms with E-state index in [0.717, 1.165) is 17.7 Å². The number of carbonyl (C=O) groups excluding carboxylic acids is 1. The van der Waals surface area contributed by atoms with Crippen molar-refractivity contribution in [2.24, 2.45) is 5.92 Å². The van der Waals surface area contributed by atoms with Gasteiger partial charge in [0.2, 0.25) is 5.91 Å². The Balaban J connectivity index is 1.78. The summed E-state index contributed by atoms with van der Waals surface area (Å²) in [6.45, 7) is 3.91. The highest BCUT2D eigenvalue weighted by Crippen LogP contribution is 2.35. The van der Waals surface area contributed by atoms with Gasteiger partial charge in [0.1, 0.15) is 5.75 Å². The molecule has 3 rings (SSSR count). The molecule has 108 valence electrons. The number of aliphatic hydroxyl groups excluding tert-OH is 1. The van der Waals surface area contributed by atoms with E-state index in [0.29, 0.717) is 26.1 Å². The molecular formula is C16H21NO3. The highest BCUT2D eigenvalue weighted by atomic mass is 16.5. The third-order valence-corrected chi connectivity index (χ3v) is 4.43. The minimum Gasteiger partial charge on any atom is -0.493 e. The fraction of sp³-hybridized carbons (Fsp3) is 0.562. The van der Waals surface area contributed by atoms with Gasteiger partial charge in [-0.05, 0) is 24.8 Å². The Morgan fingerprint density at radius 1 is 1.35 bits per heavy atom. The predicted octanol–water partition coefficient (Wildman–Crippen LogP) is 1.78. The van der Waals surface area contributed by atoms with E-state index in [-0.39, 0.29) is 23.8 Å². The average molecular weight is 275 g/mol. The summed E-state index contributed by atoms with van der Waals surface area (Å²) in [6.07, 6.45) is 1.14. The summed E-state index contributed by atoms with van der Waals surface area (Å²) in [6, 6.07) is 7.80. The van der Waals surface area contributed by atoms with E-state index in [1.165, 1.54) is 0 Å². The normalized spacial score (nSPS) is 29.5. The number of carbonyl (C=O) groups is 1. The van der Waals surface area contributed by atoms with E-state index in [2.05, 4.69) is 0 Å². The Bertz CT molecular complexity index is 502. The van der Waals surface area contributed by atoms with Crippen LogP contribution in [0.3, 0.4) is 0 Å². The SMILES string of the molecule is CC1CN(C(=O)C2CCOc3ccccc32)CCC1O. The van der Waals surface area contributed by atoms with Crippen molar-refractivity contribution in [1.82, 2.24) is 4.90 Å². The van der Waals surface area contributed by atoms with Crippen LogP contribution in [-0.2, 0) is 4.79 Å². The maximum atomic E-state index is 12.8. The van der Waals surface area contributed by atoms with Crippen molar-refractivity contribution in [2.75, 3.05) is 19.7 Å². The van der Waals surface area contributed by atoms with Crippen LogP contribution in [-0.4, -0.2) is 41.7 Å². The number of fused-ring (bicyclic) bond motifs is 1. The van der Waals surface area contributed by atoms with Gasteiger partial charge >= 0.3 is 0 Å². The fourth-order valence-electron chi connectivity index (χ4n) is 3.15. The second kappa shape index (κ2) is 5.44. The first-order valence-corrected chi connectivity index (χ1v) is 7.35. The van der Waals surface area contributed by atoms with Crippen LogP contribution in [0.5, 0.6) is 5.75 Å². The number of likely N-dealkylation sites (tertiary alicyclic amines) is 1. The summed E-state index contributed by atoms with van der Waals surface area (Å²) < 4.78 is 5.62. The van der Waals surface area contributed by atoms with Crippen LogP contribution in [0, 0.1) is 5.92 Å². The molecule has 1 N–H and O–H groups in total. The summed E-state index contributed by atoms with van der Waals surface area (Å²) in [5, 5.41) is 9.79. The van der Waals surface area contributed by atoms with Crippen molar-refractivity contribution in [2.45, 2.75) is 31.8 Å². The third kappa shape index (κ3) is 2.40. The minimum absolute atomic E-state index is 0.0950. The smallest absolute Gasteiger partial charge is 0.230 e. The maximum absolute atomic E-state index is 12.8. The molecule has 20 heavy (non-hydrogen) atoms. The van der Waals surface area contributed by atoms with Crippen LogP contribution in [0.4, 0.5) is 0 Å². The largest absolute Gasteiger partial charge is 0.493 e. The van der Waals surface area contributed by atoms with Crippen LogP contribution >= 0.6 is 0 Å². The molecule has 0 radical (unpaired) electrons. The van der Waals surface area contributed by atoms with Crippen molar-refractivity contribution >= 4 is 5.91 Å². The molecule has 4 heteroatoms.